The van der Waals surface area contributed by atoms with Gasteiger partial charge in [-0.1, -0.05) is 44.2 Å². The Bertz CT molecular complexity index is 332. The molecule has 2 rings (SSSR count). The highest BCUT2D eigenvalue weighted by atomic mass is 15.2. The second-order valence-corrected chi connectivity index (χ2v) is 5.17. The summed E-state index contributed by atoms with van der Waals surface area (Å²) in [4.78, 5) is 2.63. The number of nitrogens with one attached hydrogen (secondary N) is 1. The zero-order chi connectivity index (χ0) is 12.8. The molecule has 2 nitrogen and oxygen atoms in total. The van der Waals surface area contributed by atoms with Crippen molar-refractivity contribution < 1.29 is 0 Å². The maximum absolute atomic E-state index is 3.61. The fraction of sp³-hybridized carbons (Fsp3) is 0.625. The van der Waals surface area contributed by atoms with Crippen molar-refractivity contribution in [2.75, 3.05) is 19.6 Å². The number of hydrogen-bond acceptors (Lipinski definition) is 2. The van der Waals surface area contributed by atoms with Gasteiger partial charge in [0.25, 0.3) is 0 Å². The third-order valence-electron chi connectivity index (χ3n) is 3.83. The van der Waals surface area contributed by atoms with Gasteiger partial charge in [-0.25, -0.2) is 0 Å². The van der Waals surface area contributed by atoms with E-state index in [2.05, 4.69) is 54.4 Å². The number of benzene rings is 1. The highest BCUT2D eigenvalue weighted by molar-refractivity contribution is 5.18. The molecule has 1 atom stereocenters. The lowest BCUT2D eigenvalue weighted by Crippen LogP contribution is -2.31. The Kier molecular flexibility index (Phi) is 5.21. The minimum absolute atomic E-state index is 0.504. The van der Waals surface area contributed by atoms with E-state index in [0.717, 1.165) is 12.6 Å². The first kappa shape index (κ1) is 13.6. The van der Waals surface area contributed by atoms with Crippen molar-refractivity contribution >= 4 is 0 Å². The maximum Gasteiger partial charge on any atom is 0.0332 e. The zero-order valence-electron chi connectivity index (χ0n) is 11.7. The minimum atomic E-state index is 0.504. The smallest absolute Gasteiger partial charge is 0.0332 e. The van der Waals surface area contributed by atoms with Gasteiger partial charge in [-0.15, -0.1) is 0 Å². The molecular weight excluding hydrogens is 220 g/mol. The molecule has 0 saturated heterocycles. The molecule has 0 heterocycles. The molecule has 100 valence electrons. The Morgan fingerprint density at radius 1 is 1.22 bits per heavy atom. The van der Waals surface area contributed by atoms with Gasteiger partial charge in [0, 0.05) is 18.6 Å². The average Bonchev–Trinajstić information content (AvgIpc) is 3.24. The molecule has 0 aromatic heterocycles. The average molecular weight is 246 g/mol. The van der Waals surface area contributed by atoms with Gasteiger partial charge in [-0.05, 0) is 37.9 Å². The van der Waals surface area contributed by atoms with Gasteiger partial charge in [0.15, 0.2) is 0 Å². The Hall–Kier alpha value is -0.860. The van der Waals surface area contributed by atoms with Crippen molar-refractivity contribution in [2.45, 2.75) is 45.2 Å². The SMILES string of the molecule is CCNC(CCN(CC)C1CC1)c1ccccc1. The second kappa shape index (κ2) is 6.91. The fourth-order valence-electron chi connectivity index (χ4n) is 2.65. The van der Waals surface area contributed by atoms with Crippen LogP contribution in [0.25, 0.3) is 0 Å². The summed E-state index contributed by atoms with van der Waals surface area (Å²) < 4.78 is 0. The first-order chi connectivity index (χ1) is 8.85. The van der Waals surface area contributed by atoms with Crippen LogP contribution in [0.15, 0.2) is 30.3 Å². The molecule has 1 saturated carbocycles. The molecule has 18 heavy (non-hydrogen) atoms. The summed E-state index contributed by atoms with van der Waals surface area (Å²) in [5.74, 6) is 0. The predicted octanol–water partition coefficient (Wildman–Crippen LogP) is 3.21. The third-order valence-corrected chi connectivity index (χ3v) is 3.83. The van der Waals surface area contributed by atoms with Crippen LogP contribution in [0.5, 0.6) is 0 Å². The van der Waals surface area contributed by atoms with E-state index in [0.29, 0.717) is 6.04 Å². The molecule has 1 aromatic carbocycles. The maximum atomic E-state index is 3.61. The van der Waals surface area contributed by atoms with Gasteiger partial charge in [0.05, 0.1) is 0 Å². The summed E-state index contributed by atoms with van der Waals surface area (Å²) in [6.45, 7) is 7.92. The molecule has 0 spiro atoms. The molecule has 0 aliphatic heterocycles. The van der Waals surface area contributed by atoms with Crippen LogP contribution in [0.1, 0.15) is 44.7 Å². The van der Waals surface area contributed by atoms with E-state index in [-0.39, 0.29) is 0 Å². The van der Waals surface area contributed by atoms with Gasteiger partial charge in [0.2, 0.25) is 0 Å². The van der Waals surface area contributed by atoms with Gasteiger partial charge in [-0.2, -0.15) is 0 Å². The van der Waals surface area contributed by atoms with E-state index < -0.39 is 0 Å². The van der Waals surface area contributed by atoms with Crippen LogP contribution in [0.4, 0.5) is 0 Å². The molecule has 1 aliphatic rings. The molecule has 1 aromatic rings. The topological polar surface area (TPSA) is 15.3 Å². The van der Waals surface area contributed by atoms with Gasteiger partial charge >= 0.3 is 0 Å². The van der Waals surface area contributed by atoms with E-state index in [9.17, 15) is 0 Å². The molecule has 1 fully saturated rings. The summed E-state index contributed by atoms with van der Waals surface area (Å²) in [5, 5.41) is 3.61. The Balaban J connectivity index is 1.89. The van der Waals surface area contributed by atoms with E-state index >= 15 is 0 Å². The monoisotopic (exact) mass is 246 g/mol. The van der Waals surface area contributed by atoms with Crippen molar-refractivity contribution in [3.63, 3.8) is 0 Å². The zero-order valence-corrected chi connectivity index (χ0v) is 11.7. The number of nitrogens with zero attached hydrogens (tertiary/aromatic N) is 1. The lowest BCUT2D eigenvalue weighted by Gasteiger charge is -2.24. The molecule has 1 unspecified atom stereocenters. The molecule has 0 amide bonds. The molecule has 1 N–H and O–H groups in total. The minimum Gasteiger partial charge on any atom is -0.310 e. The van der Waals surface area contributed by atoms with Crippen molar-refractivity contribution in [3.8, 4) is 0 Å². The highest BCUT2D eigenvalue weighted by Gasteiger charge is 2.27. The normalized spacial score (nSPS) is 17.1. The summed E-state index contributed by atoms with van der Waals surface area (Å²) in [5.41, 5.74) is 1.42. The van der Waals surface area contributed by atoms with E-state index in [1.165, 1.54) is 37.9 Å². The van der Waals surface area contributed by atoms with Crippen LogP contribution >= 0.6 is 0 Å². The standard InChI is InChI=1S/C16H26N2/c1-3-17-16(14-8-6-5-7-9-14)12-13-18(4-2)15-10-11-15/h5-9,15-17H,3-4,10-13H2,1-2H3. The van der Waals surface area contributed by atoms with Crippen LogP contribution in [0, 0.1) is 0 Å². The first-order valence-electron chi connectivity index (χ1n) is 7.37. The Morgan fingerprint density at radius 3 is 2.50 bits per heavy atom. The quantitative estimate of drug-likeness (QED) is 0.757. The van der Waals surface area contributed by atoms with Gasteiger partial charge in [-0.3, -0.25) is 0 Å². The van der Waals surface area contributed by atoms with E-state index in [1.807, 2.05) is 0 Å². The summed E-state index contributed by atoms with van der Waals surface area (Å²) >= 11 is 0. The molecule has 0 radical (unpaired) electrons. The molecule has 2 heteroatoms. The third kappa shape index (κ3) is 3.82. The second-order valence-electron chi connectivity index (χ2n) is 5.17. The molecular formula is C16H26N2. The van der Waals surface area contributed by atoms with Crippen molar-refractivity contribution in [1.82, 2.24) is 10.2 Å². The summed E-state index contributed by atoms with van der Waals surface area (Å²) in [6, 6.07) is 12.2. The van der Waals surface area contributed by atoms with Gasteiger partial charge in [0.1, 0.15) is 0 Å². The largest absolute Gasteiger partial charge is 0.310 e. The lowest BCUT2D eigenvalue weighted by molar-refractivity contribution is 0.260. The van der Waals surface area contributed by atoms with Crippen molar-refractivity contribution in [1.29, 1.82) is 0 Å². The molecule has 1 aliphatic carbocycles. The van der Waals surface area contributed by atoms with Crippen LogP contribution in [0.2, 0.25) is 0 Å². The fourth-order valence-corrected chi connectivity index (χ4v) is 2.65. The van der Waals surface area contributed by atoms with Crippen LogP contribution in [-0.2, 0) is 0 Å². The van der Waals surface area contributed by atoms with Crippen LogP contribution in [-0.4, -0.2) is 30.6 Å². The first-order valence-corrected chi connectivity index (χ1v) is 7.37. The predicted molar refractivity (Wildman–Crippen MR) is 77.7 cm³/mol. The lowest BCUT2D eigenvalue weighted by atomic mass is 10.0. The van der Waals surface area contributed by atoms with Crippen LogP contribution < -0.4 is 5.32 Å². The summed E-state index contributed by atoms with van der Waals surface area (Å²) in [6.07, 6.45) is 4.03. The van der Waals surface area contributed by atoms with Crippen molar-refractivity contribution in [3.05, 3.63) is 35.9 Å². The summed E-state index contributed by atoms with van der Waals surface area (Å²) in [7, 11) is 0. The number of hydrogen-bond donors (Lipinski definition) is 1. The van der Waals surface area contributed by atoms with Gasteiger partial charge < -0.3 is 10.2 Å². The molecule has 0 bridgehead atoms. The van der Waals surface area contributed by atoms with Crippen LogP contribution in [0.3, 0.4) is 0 Å². The Morgan fingerprint density at radius 2 is 1.94 bits per heavy atom. The van der Waals surface area contributed by atoms with E-state index in [1.54, 1.807) is 0 Å². The highest BCUT2D eigenvalue weighted by Crippen LogP contribution is 2.27. The van der Waals surface area contributed by atoms with E-state index in [4.69, 9.17) is 0 Å². The van der Waals surface area contributed by atoms with Crippen molar-refractivity contribution in [2.24, 2.45) is 0 Å². The Labute approximate surface area is 111 Å². The number of rotatable bonds is 8.